The molecule has 2 heterocycles. The Morgan fingerprint density at radius 2 is 1.71 bits per heavy atom. The molecule has 2 aliphatic rings. The average molecular weight is 353 g/mol. The van der Waals surface area contributed by atoms with Crippen molar-refractivity contribution in [3.63, 3.8) is 0 Å². The van der Waals surface area contributed by atoms with Crippen molar-refractivity contribution in [2.24, 2.45) is 0 Å². The second kappa shape index (κ2) is 8.18. The lowest BCUT2D eigenvalue weighted by Gasteiger charge is -2.36. The van der Waals surface area contributed by atoms with Gasteiger partial charge in [-0.1, -0.05) is 0 Å². The van der Waals surface area contributed by atoms with Crippen LogP contribution >= 0.6 is 0 Å². The Balaban J connectivity index is 1.32. The van der Waals surface area contributed by atoms with Crippen LogP contribution in [0.2, 0.25) is 0 Å². The van der Waals surface area contributed by atoms with Crippen LogP contribution < -0.4 is 4.90 Å². The summed E-state index contributed by atoms with van der Waals surface area (Å²) in [6.45, 7) is 5.67. The average Bonchev–Trinajstić information content (AvgIpc) is 2.90. The molecule has 0 N–H and O–H groups in total. The molecule has 132 valence electrons. The number of carbonyl (C=O) groups excluding carboxylic acids is 1. The molecule has 1 aromatic rings. The van der Waals surface area contributed by atoms with Crippen molar-refractivity contribution in [2.75, 3.05) is 55.8 Å². The summed E-state index contributed by atoms with van der Waals surface area (Å²) >= 11 is -0.980. The molecule has 0 aliphatic carbocycles. The Morgan fingerprint density at radius 3 is 2.33 bits per heavy atom. The van der Waals surface area contributed by atoms with Crippen LogP contribution in [0, 0.1) is 5.82 Å². The molecule has 2 saturated heterocycles. The molecule has 1 atom stereocenters. The van der Waals surface area contributed by atoms with Gasteiger partial charge in [-0.15, -0.1) is 0 Å². The summed E-state index contributed by atoms with van der Waals surface area (Å²) in [7, 11) is 0. The first-order valence-corrected chi connectivity index (χ1v) is 9.96. The van der Waals surface area contributed by atoms with Crippen LogP contribution in [0.4, 0.5) is 10.1 Å². The van der Waals surface area contributed by atoms with Crippen molar-refractivity contribution >= 4 is 22.8 Å². The van der Waals surface area contributed by atoms with Crippen molar-refractivity contribution in [3.8, 4) is 0 Å². The predicted molar refractivity (Wildman–Crippen MR) is 93.9 cm³/mol. The topological polar surface area (TPSA) is 49.9 Å². The van der Waals surface area contributed by atoms with E-state index < -0.39 is 11.2 Å². The van der Waals surface area contributed by atoms with Gasteiger partial charge in [0, 0.05) is 38.4 Å². The first-order chi connectivity index (χ1) is 11.6. The van der Waals surface area contributed by atoms with Gasteiger partial charge in [0.2, 0.25) is 0 Å². The minimum atomic E-state index is -0.980. The summed E-state index contributed by atoms with van der Waals surface area (Å²) in [4.78, 5) is 18.0. The lowest BCUT2D eigenvalue weighted by molar-refractivity contribution is -0.126. The van der Waals surface area contributed by atoms with Crippen LogP contribution in [0.3, 0.4) is 0 Å². The lowest BCUT2D eigenvalue weighted by atomic mass is 10.2. The van der Waals surface area contributed by atoms with Crippen molar-refractivity contribution in [3.05, 3.63) is 30.1 Å². The fraction of sp³-hybridized carbons (Fsp3) is 0.588. The van der Waals surface area contributed by atoms with Gasteiger partial charge in [0.1, 0.15) is 5.82 Å². The maximum absolute atomic E-state index is 13.0. The van der Waals surface area contributed by atoms with Crippen LogP contribution in [-0.4, -0.2) is 71.2 Å². The van der Waals surface area contributed by atoms with E-state index in [1.165, 1.54) is 12.1 Å². The van der Waals surface area contributed by atoms with Gasteiger partial charge in [-0.05, 0) is 54.8 Å². The Kier molecular flexibility index (Phi) is 5.97. The zero-order chi connectivity index (χ0) is 16.9. The highest BCUT2D eigenvalue weighted by Gasteiger charge is 2.30. The van der Waals surface area contributed by atoms with E-state index in [1.807, 2.05) is 12.1 Å². The van der Waals surface area contributed by atoms with E-state index in [0.717, 1.165) is 57.8 Å². The molecule has 3 rings (SSSR count). The Morgan fingerprint density at radius 1 is 1.04 bits per heavy atom. The minimum Gasteiger partial charge on any atom is -0.615 e. The smallest absolute Gasteiger partial charge is 0.276 e. The molecular formula is C17H24FN3O2S. The van der Waals surface area contributed by atoms with Gasteiger partial charge in [-0.3, -0.25) is 14.6 Å². The Hall–Kier alpha value is -1.31. The van der Waals surface area contributed by atoms with Crippen LogP contribution in [0.1, 0.15) is 12.8 Å². The summed E-state index contributed by atoms with van der Waals surface area (Å²) in [6, 6.07) is 6.69. The second-order valence-corrected chi connectivity index (χ2v) is 7.81. The van der Waals surface area contributed by atoms with E-state index in [1.54, 1.807) is 4.90 Å². The molecule has 0 saturated carbocycles. The number of unbranched alkanes of at least 4 members (excludes halogenated alkanes) is 1. The van der Waals surface area contributed by atoms with E-state index in [4.69, 9.17) is 0 Å². The number of anilines is 1. The van der Waals surface area contributed by atoms with E-state index in [2.05, 4.69) is 9.80 Å². The fourth-order valence-electron chi connectivity index (χ4n) is 3.23. The normalized spacial score (nSPS) is 22.4. The van der Waals surface area contributed by atoms with Crippen molar-refractivity contribution < 1.29 is 13.7 Å². The zero-order valence-electron chi connectivity index (χ0n) is 13.8. The summed E-state index contributed by atoms with van der Waals surface area (Å²) in [5.41, 5.74) is 1.08. The van der Waals surface area contributed by atoms with Gasteiger partial charge in [0.05, 0.1) is 0 Å². The largest absolute Gasteiger partial charge is 0.615 e. The van der Waals surface area contributed by atoms with Crippen LogP contribution in [0.15, 0.2) is 24.3 Å². The van der Waals surface area contributed by atoms with E-state index in [9.17, 15) is 13.7 Å². The lowest BCUT2D eigenvalue weighted by Crippen LogP contribution is -2.46. The number of amides is 1. The molecule has 1 amide bonds. The highest BCUT2D eigenvalue weighted by Crippen LogP contribution is 2.17. The molecule has 5 nitrogen and oxygen atoms in total. The standard InChI is InChI=1S/C17H24FN3O2S/c18-15-3-5-16(6-4-15)20-11-9-19(10-12-20)7-1-2-8-21-14-24(23)13-17(21)22/h3-6H,1-2,7-14H2. The van der Waals surface area contributed by atoms with E-state index in [0.29, 0.717) is 5.88 Å². The third kappa shape index (κ3) is 4.62. The summed E-state index contributed by atoms with van der Waals surface area (Å²) in [5, 5.41) is 0. The van der Waals surface area contributed by atoms with Gasteiger partial charge in [0.15, 0.2) is 11.6 Å². The number of piperazine rings is 1. The highest BCUT2D eigenvalue weighted by molar-refractivity contribution is 7.92. The van der Waals surface area contributed by atoms with Gasteiger partial charge in [-0.2, -0.15) is 0 Å². The van der Waals surface area contributed by atoms with Gasteiger partial charge >= 0.3 is 0 Å². The third-order valence-corrected chi connectivity index (χ3v) is 5.82. The monoisotopic (exact) mass is 353 g/mol. The molecule has 7 heteroatoms. The van der Waals surface area contributed by atoms with Crippen molar-refractivity contribution in [1.29, 1.82) is 0 Å². The molecule has 0 spiro atoms. The molecule has 2 aliphatic heterocycles. The van der Waals surface area contributed by atoms with Gasteiger partial charge in [0.25, 0.3) is 5.91 Å². The van der Waals surface area contributed by atoms with Gasteiger partial charge < -0.3 is 9.45 Å². The van der Waals surface area contributed by atoms with Gasteiger partial charge in [-0.25, -0.2) is 4.39 Å². The maximum atomic E-state index is 13.0. The molecule has 1 unspecified atom stereocenters. The maximum Gasteiger partial charge on any atom is 0.276 e. The number of nitrogens with zero attached hydrogens (tertiary/aromatic N) is 3. The molecule has 0 radical (unpaired) electrons. The summed E-state index contributed by atoms with van der Waals surface area (Å²) < 4.78 is 24.3. The molecule has 24 heavy (non-hydrogen) atoms. The fourth-order valence-corrected chi connectivity index (χ4v) is 4.40. The molecule has 0 bridgehead atoms. The predicted octanol–water partition coefficient (Wildman–Crippen LogP) is 1.28. The number of halogens is 1. The number of rotatable bonds is 6. The summed E-state index contributed by atoms with van der Waals surface area (Å²) in [6.07, 6.45) is 2.01. The number of carbonyl (C=O) groups is 1. The SMILES string of the molecule is O=C1C[S+]([O-])CN1CCCCN1CCN(c2ccc(F)cc2)CC1. The first-order valence-electron chi connectivity index (χ1n) is 8.47. The van der Waals surface area contributed by atoms with Crippen molar-refractivity contribution in [2.45, 2.75) is 12.8 Å². The number of benzene rings is 1. The number of hydrogen-bond acceptors (Lipinski definition) is 4. The van der Waals surface area contributed by atoms with Crippen molar-refractivity contribution in [1.82, 2.24) is 9.80 Å². The van der Waals surface area contributed by atoms with Crippen LogP contribution in [0.5, 0.6) is 0 Å². The van der Waals surface area contributed by atoms with Crippen LogP contribution in [-0.2, 0) is 16.0 Å². The molecule has 0 aromatic heterocycles. The zero-order valence-corrected chi connectivity index (χ0v) is 14.6. The second-order valence-electron chi connectivity index (χ2n) is 6.38. The Bertz CT molecular complexity index is 549. The van der Waals surface area contributed by atoms with E-state index in [-0.39, 0.29) is 17.5 Å². The van der Waals surface area contributed by atoms with E-state index >= 15 is 0 Å². The highest BCUT2D eigenvalue weighted by atomic mass is 32.2. The first kappa shape index (κ1) is 17.5. The number of hydrogen-bond donors (Lipinski definition) is 0. The Labute approximate surface area is 145 Å². The minimum absolute atomic E-state index is 0.0289. The molecular weight excluding hydrogens is 329 g/mol. The third-order valence-electron chi connectivity index (χ3n) is 4.65. The molecule has 1 aromatic carbocycles. The van der Waals surface area contributed by atoms with Crippen LogP contribution in [0.25, 0.3) is 0 Å². The quantitative estimate of drug-likeness (QED) is 0.571. The summed E-state index contributed by atoms with van der Waals surface area (Å²) in [5.74, 6) is 0.444. The molecule has 2 fully saturated rings.